The fourth-order valence-electron chi connectivity index (χ4n) is 3.63. The van der Waals surface area contributed by atoms with Crippen molar-refractivity contribution in [3.8, 4) is 5.75 Å². The van der Waals surface area contributed by atoms with Crippen LogP contribution in [0.1, 0.15) is 37.7 Å². The van der Waals surface area contributed by atoms with Crippen molar-refractivity contribution < 1.29 is 22.7 Å². The fourth-order valence-corrected chi connectivity index (χ4v) is 6.18. The van der Waals surface area contributed by atoms with E-state index in [2.05, 4.69) is 0 Å². The highest BCUT2D eigenvalue weighted by molar-refractivity contribution is 7.92. The van der Waals surface area contributed by atoms with Gasteiger partial charge in [0.2, 0.25) is 0 Å². The molecule has 2 fully saturated rings. The Balaban J connectivity index is 2.01. The maximum absolute atomic E-state index is 13.7. The van der Waals surface area contributed by atoms with Crippen LogP contribution in [0.4, 0.5) is 4.39 Å². The molecule has 4 nitrogen and oxygen atoms in total. The Labute approximate surface area is 123 Å². The van der Waals surface area contributed by atoms with Crippen molar-refractivity contribution in [3.05, 3.63) is 29.6 Å². The van der Waals surface area contributed by atoms with Gasteiger partial charge in [0, 0.05) is 6.07 Å². The molecule has 116 valence electrons. The zero-order chi connectivity index (χ0) is 15.3. The van der Waals surface area contributed by atoms with Crippen LogP contribution in [0.2, 0.25) is 0 Å². The van der Waals surface area contributed by atoms with Crippen LogP contribution >= 0.6 is 0 Å². The Hall–Kier alpha value is -1.14. The monoisotopic (exact) mass is 314 g/mol. The summed E-state index contributed by atoms with van der Waals surface area (Å²) in [6.07, 6.45) is 2.30. The van der Waals surface area contributed by atoms with Gasteiger partial charge >= 0.3 is 0 Å². The second-order valence-corrected chi connectivity index (χ2v) is 8.59. The molecule has 2 aliphatic heterocycles. The summed E-state index contributed by atoms with van der Waals surface area (Å²) < 4.78 is 43.3. The van der Waals surface area contributed by atoms with Crippen LogP contribution in [0.5, 0.6) is 5.75 Å². The van der Waals surface area contributed by atoms with Crippen molar-refractivity contribution >= 4 is 9.84 Å². The van der Waals surface area contributed by atoms with E-state index in [1.165, 1.54) is 19.2 Å². The Bertz CT molecular complexity index is 636. The largest absolute Gasteiger partial charge is 0.497 e. The van der Waals surface area contributed by atoms with Crippen molar-refractivity contribution in [2.24, 2.45) is 0 Å². The zero-order valence-corrected chi connectivity index (χ0v) is 12.7. The minimum atomic E-state index is -3.16. The van der Waals surface area contributed by atoms with E-state index in [-0.39, 0.29) is 12.8 Å². The number of halogens is 1. The van der Waals surface area contributed by atoms with Gasteiger partial charge in [-0.25, -0.2) is 12.8 Å². The molecule has 0 aromatic heterocycles. The number of hydrogen-bond donors (Lipinski definition) is 1. The van der Waals surface area contributed by atoms with Crippen molar-refractivity contribution in [2.45, 2.75) is 48.2 Å². The highest BCUT2D eigenvalue weighted by Gasteiger charge is 2.51. The van der Waals surface area contributed by atoms with E-state index >= 15 is 0 Å². The molecule has 0 aliphatic carbocycles. The molecule has 1 aromatic carbocycles. The third kappa shape index (κ3) is 2.44. The normalized spacial score (nSPS) is 34.4. The summed E-state index contributed by atoms with van der Waals surface area (Å²) in [5.74, 6) is -0.159. The topological polar surface area (TPSA) is 63.6 Å². The van der Waals surface area contributed by atoms with Gasteiger partial charge in [0.05, 0.1) is 23.2 Å². The van der Waals surface area contributed by atoms with Crippen molar-refractivity contribution in [3.63, 3.8) is 0 Å². The summed E-state index contributed by atoms with van der Waals surface area (Å²) in [6, 6.07) is 4.11. The highest BCUT2D eigenvalue weighted by Crippen LogP contribution is 2.46. The molecule has 6 heteroatoms. The molecule has 1 aromatic rings. The molecule has 2 heterocycles. The number of methoxy groups -OCH3 is 1. The van der Waals surface area contributed by atoms with Crippen LogP contribution in [0, 0.1) is 5.82 Å². The maximum Gasteiger partial charge on any atom is 0.156 e. The van der Waals surface area contributed by atoms with Crippen LogP contribution in [0.15, 0.2) is 18.2 Å². The maximum atomic E-state index is 13.7. The molecule has 3 rings (SSSR count). The molecular weight excluding hydrogens is 295 g/mol. The number of hydrogen-bond acceptors (Lipinski definition) is 4. The van der Waals surface area contributed by atoms with Gasteiger partial charge in [0.25, 0.3) is 0 Å². The first-order chi connectivity index (χ1) is 9.85. The molecule has 2 saturated heterocycles. The lowest BCUT2D eigenvalue weighted by atomic mass is 9.80. The number of benzene rings is 1. The van der Waals surface area contributed by atoms with Gasteiger partial charge in [-0.1, -0.05) is 6.42 Å². The van der Waals surface area contributed by atoms with Gasteiger partial charge in [-0.05, 0) is 43.4 Å². The Morgan fingerprint density at radius 1 is 1.24 bits per heavy atom. The molecule has 1 N–H and O–H groups in total. The van der Waals surface area contributed by atoms with Gasteiger partial charge in [0.15, 0.2) is 9.84 Å². The number of fused-ring (bicyclic) bond motifs is 2. The van der Waals surface area contributed by atoms with Crippen LogP contribution in [-0.2, 0) is 15.4 Å². The molecule has 0 saturated carbocycles. The summed E-state index contributed by atoms with van der Waals surface area (Å²) in [5, 5.41) is 9.89. The SMILES string of the molecule is COc1cc(F)cc(C2(O)CC3CCCC(C2)S3(=O)=O)c1. The van der Waals surface area contributed by atoms with Gasteiger partial charge < -0.3 is 9.84 Å². The van der Waals surface area contributed by atoms with E-state index in [4.69, 9.17) is 4.74 Å². The van der Waals surface area contributed by atoms with Crippen LogP contribution in [-0.4, -0.2) is 31.1 Å². The van der Waals surface area contributed by atoms with E-state index in [0.29, 0.717) is 24.2 Å². The number of aliphatic hydroxyl groups is 1. The van der Waals surface area contributed by atoms with Crippen molar-refractivity contribution in [2.75, 3.05) is 7.11 Å². The Morgan fingerprint density at radius 2 is 1.86 bits per heavy atom. The average molecular weight is 314 g/mol. The third-order valence-electron chi connectivity index (χ3n) is 4.76. The molecule has 2 bridgehead atoms. The first-order valence-corrected chi connectivity index (χ1v) is 8.76. The first kappa shape index (κ1) is 14.8. The summed E-state index contributed by atoms with van der Waals surface area (Å²) in [7, 11) is -1.72. The molecule has 2 aliphatic rings. The van der Waals surface area contributed by atoms with Crippen LogP contribution in [0.25, 0.3) is 0 Å². The Kier molecular flexibility index (Phi) is 3.48. The second-order valence-electron chi connectivity index (χ2n) is 6.08. The predicted octanol–water partition coefficient (Wildman–Crippen LogP) is 2.15. The number of rotatable bonds is 2. The quantitative estimate of drug-likeness (QED) is 0.908. The number of ether oxygens (including phenoxy) is 1. The smallest absolute Gasteiger partial charge is 0.156 e. The predicted molar refractivity (Wildman–Crippen MR) is 76.4 cm³/mol. The lowest BCUT2D eigenvalue weighted by Gasteiger charge is -2.44. The molecule has 0 radical (unpaired) electrons. The van der Waals surface area contributed by atoms with Gasteiger partial charge in [-0.2, -0.15) is 0 Å². The lowest BCUT2D eigenvalue weighted by Crippen LogP contribution is -2.50. The standard InChI is InChI=1S/C15H19FO4S/c1-20-12-6-10(5-11(16)7-12)15(17)8-13-3-2-4-14(9-15)21(13,18)19/h5-7,13-14,17H,2-4,8-9H2,1H3. The average Bonchev–Trinajstić information content (AvgIpc) is 2.40. The molecule has 0 amide bonds. The van der Waals surface area contributed by atoms with Gasteiger partial charge in [-0.15, -0.1) is 0 Å². The van der Waals surface area contributed by atoms with Gasteiger partial charge in [0.1, 0.15) is 11.6 Å². The second kappa shape index (κ2) is 4.95. The first-order valence-electron chi connectivity index (χ1n) is 7.15. The van der Waals surface area contributed by atoms with E-state index in [1.54, 1.807) is 6.07 Å². The summed E-state index contributed by atoms with van der Waals surface area (Å²) in [6.45, 7) is 0. The Morgan fingerprint density at radius 3 is 2.43 bits per heavy atom. The zero-order valence-electron chi connectivity index (χ0n) is 11.9. The van der Waals surface area contributed by atoms with E-state index in [1.807, 2.05) is 0 Å². The summed E-state index contributed by atoms with van der Waals surface area (Å²) >= 11 is 0. The number of sulfone groups is 1. The van der Waals surface area contributed by atoms with Gasteiger partial charge in [-0.3, -0.25) is 0 Å². The van der Waals surface area contributed by atoms with Crippen molar-refractivity contribution in [1.82, 2.24) is 0 Å². The fraction of sp³-hybridized carbons (Fsp3) is 0.600. The van der Waals surface area contributed by atoms with Crippen molar-refractivity contribution in [1.29, 1.82) is 0 Å². The molecule has 2 unspecified atom stereocenters. The summed E-state index contributed by atoms with van der Waals surface area (Å²) in [5.41, 5.74) is -0.887. The minimum Gasteiger partial charge on any atom is -0.497 e. The lowest BCUT2D eigenvalue weighted by molar-refractivity contribution is 0.00457. The minimum absolute atomic E-state index is 0.137. The van der Waals surface area contributed by atoms with E-state index < -0.39 is 31.8 Å². The molecular formula is C15H19FO4S. The summed E-state index contributed by atoms with van der Waals surface area (Å²) in [4.78, 5) is 0. The van der Waals surface area contributed by atoms with Crippen LogP contribution < -0.4 is 4.74 Å². The molecule has 0 spiro atoms. The van der Waals surface area contributed by atoms with E-state index in [9.17, 15) is 17.9 Å². The van der Waals surface area contributed by atoms with E-state index in [0.717, 1.165) is 6.42 Å². The third-order valence-corrected chi connectivity index (χ3v) is 7.42. The molecule has 2 atom stereocenters. The van der Waals surface area contributed by atoms with Crippen LogP contribution in [0.3, 0.4) is 0 Å². The molecule has 21 heavy (non-hydrogen) atoms. The highest BCUT2D eigenvalue weighted by atomic mass is 32.2.